The van der Waals surface area contributed by atoms with Crippen molar-refractivity contribution in [3.8, 4) is 0 Å². The van der Waals surface area contributed by atoms with Crippen molar-refractivity contribution in [1.29, 1.82) is 0 Å². The van der Waals surface area contributed by atoms with Crippen molar-refractivity contribution < 1.29 is 0 Å². The van der Waals surface area contributed by atoms with Gasteiger partial charge in [-0.2, -0.15) is 0 Å². The van der Waals surface area contributed by atoms with E-state index in [1.54, 1.807) is 0 Å². The Kier molecular flexibility index (Phi) is 8.08. The van der Waals surface area contributed by atoms with Gasteiger partial charge < -0.3 is 0 Å². The van der Waals surface area contributed by atoms with Crippen LogP contribution in [0.3, 0.4) is 0 Å². The summed E-state index contributed by atoms with van der Waals surface area (Å²) in [6.45, 7) is 7.73. The van der Waals surface area contributed by atoms with Gasteiger partial charge >= 0.3 is 0 Å². The second kappa shape index (κ2) is 8.09. The molecule has 0 amide bonds. The molecule has 2 heteroatoms. The van der Waals surface area contributed by atoms with Gasteiger partial charge in [-0.15, -0.1) is 11.6 Å². The molecule has 1 nitrogen and oxygen atoms in total. The van der Waals surface area contributed by atoms with E-state index in [1.807, 2.05) is 6.08 Å². The average Bonchev–Trinajstić information content (AvgIpc) is 2.03. The lowest BCUT2D eigenvalue weighted by Gasteiger charge is -2.16. The zero-order chi connectivity index (χ0) is 8.53. The minimum Gasteiger partial charge on any atom is -0.300 e. The molecule has 0 radical (unpaired) electrons. The number of halogens is 1. The minimum atomic E-state index is 0.629. The van der Waals surface area contributed by atoms with Crippen molar-refractivity contribution in [3.05, 3.63) is 12.2 Å². The lowest BCUT2D eigenvalue weighted by molar-refractivity contribution is 0.319. The van der Waals surface area contributed by atoms with E-state index in [4.69, 9.17) is 11.6 Å². The summed E-state index contributed by atoms with van der Waals surface area (Å²) in [5, 5.41) is 0. The minimum absolute atomic E-state index is 0.629. The van der Waals surface area contributed by atoms with Crippen molar-refractivity contribution in [2.75, 3.05) is 25.5 Å². The molecule has 0 aliphatic carbocycles. The van der Waals surface area contributed by atoms with Crippen LogP contribution in [0.15, 0.2) is 12.2 Å². The van der Waals surface area contributed by atoms with Crippen LogP contribution in [-0.2, 0) is 0 Å². The number of likely N-dealkylation sites (N-methyl/N-ethyl adjacent to an activating group) is 1. The zero-order valence-corrected chi connectivity index (χ0v) is 8.27. The van der Waals surface area contributed by atoms with Crippen LogP contribution >= 0.6 is 11.6 Å². The van der Waals surface area contributed by atoms with E-state index < -0.39 is 0 Å². The van der Waals surface area contributed by atoms with E-state index in [9.17, 15) is 0 Å². The average molecular weight is 176 g/mol. The molecular formula is C9H18ClN. The maximum atomic E-state index is 5.50. The maximum absolute atomic E-state index is 5.50. The quantitative estimate of drug-likeness (QED) is 0.443. The topological polar surface area (TPSA) is 3.24 Å². The first-order chi connectivity index (χ1) is 5.35. The molecule has 0 aromatic heterocycles. The molecule has 0 spiro atoms. The molecule has 11 heavy (non-hydrogen) atoms. The van der Waals surface area contributed by atoms with Crippen molar-refractivity contribution in [2.24, 2.45) is 0 Å². The van der Waals surface area contributed by atoms with Gasteiger partial charge in [-0.05, 0) is 19.5 Å². The number of rotatable bonds is 6. The number of hydrogen-bond donors (Lipinski definition) is 0. The van der Waals surface area contributed by atoms with Gasteiger partial charge in [0, 0.05) is 12.4 Å². The molecule has 0 atom stereocenters. The molecule has 0 N–H and O–H groups in total. The second-order valence-corrected chi connectivity index (χ2v) is 2.83. The van der Waals surface area contributed by atoms with Crippen LogP contribution in [0, 0.1) is 0 Å². The Labute approximate surface area is 75.0 Å². The van der Waals surface area contributed by atoms with Crippen molar-refractivity contribution in [3.63, 3.8) is 0 Å². The predicted molar refractivity (Wildman–Crippen MR) is 52.3 cm³/mol. The molecule has 0 rings (SSSR count). The number of alkyl halides is 1. The smallest absolute Gasteiger partial charge is 0.0404 e. The van der Waals surface area contributed by atoms with Crippen LogP contribution in [0.2, 0.25) is 0 Å². The van der Waals surface area contributed by atoms with Gasteiger partial charge in [-0.1, -0.05) is 26.0 Å². The van der Waals surface area contributed by atoms with Gasteiger partial charge in [0.2, 0.25) is 0 Å². The molecule has 66 valence electrons. The highest BCUT2D eigenvalue weighted by Gasteiger charge is 1.95. The second-order valence-electron chi connectivity index (χ2n) is 2.52. The van der Waals surface area contributed by atoms with Crippen molar-refractivity contribution in [1.82, 2.24) is 4.90 Å². The first kappa shape index (κ1) is 11.0. The Morgan fingerprint density at radius 1 is 1.27 bits per heavy atom. The van der Waals surface area contributed by atoms with E-state index >= 15 is 0 Å². The van der Waals surface area contributed by atoms with Crippen LogP contribution in [0.25, 0.3) is 0 Å². The van der Waals surface area contributed by atoms with Gasteiger partial charge in [0.1, 0.15) is 0 Å². The molecule has 0 fully saturated rings. The van der Waals surface area contributed by atoms with Crippen LogP contribution in [-0.4, -0.2) is 30.4 Å². The Morgan fingerprint density at radius 3 is 2.45 bits per heavy atom. The molecule has 0 bridgehead atoms. The lowest BCUT2D eigenvalue weighted by atomic mass is 10.4. The van der Waals surface area contributed by atoms with Gasteiger partial charge in [0.25, 0.3) is 0 Å². The van der Waals surface area contributed by atoms with Crippen LogP contribution in [0.1, 0.15) is 20.3 Å². The van der Waals surface area contributed by atoms with Gasteiger partial charge in [0.15, 0.2) is 0 Å². The third-order valence-electron chi connectivity index (χ3n) is 1.61. The molecule has 0 aliphatic heterocycles. The monoisotopic (exact) mass is 175 g/mol. The Hall–Kier alpha value is -0.0100. The third kappa shape index (κ3) is 6.39. The van der Waals surface area contributed by atoms with Gasteiger partial charge in [-0.3, -0.25) is 4.90 Å². The van der Waals surface area contributed by atoms with Crippen LogP contribution in [0.5, 0.6) is 0 Å². The molecule has 0 aromatic rings. The van der Waals surface area contributed by atoms with E-state index in [0.717, 1.165) is 13.1 Å². The first-order valence-corrected chi connectivity index (χ1v) is 4.81. The van der Waals surface area contributed by atoms with Gasteiger partial charge in [0.05, 0.1) is 0 Å². The zero-order valence-electron chi connectivity index (χ0n) is 7.52. The van der Waals surface area contributed by atoms with Crippen molar-refractivity contribution in [2.45, 2.75) is 20.3 Å². The lowest BCUT2D eigenvalue weighted by Crippen LogP contribution is -2.24. The Morgan fingerprint density at radius 2 is 2.00 bits per heavy atom. The third-order valence-corrected chi connectivity index (χ3v) is 1.78. The molecule has 0 unspecified atom stereocenters. The normalized spacial score (nSPS) is 11.6. The molecule has 0 aromatic carbocycles. The van der Waals surface area contributed by atoms with E-state index in [-0.39, 0.29) is 0 Å². The largest absolute Gasteiger partial charge is 0.300 e. The fourth-order valence-corrected chi connectivity index (χ4v) is 1.11. The van der Waals surface area contributed by atoms with E-state index in [2.05, 4.69) is 24.8 Å². The summed E-state index contributed by atoms with van der Waals surface area (Å²) in [6, 6.07) is 0. The fourth-order valence-electron chi connectivity index (χ4n) is 0.981. The molecular weight excluding hydrogens is 158 g/mol. The summed E-state index contributed by atoms with van der Waals surface area (Å²) in [5.41, 5.74) is 0. The number of hydrogen-bond acceptors (Lipinski definition) is 1. The van der Waals surface area contributed by atoms with Crippen molar-refractivity contribution >= 4 is 11.6 Å². The van der Waals surface area contributed by atoms with E-state index in [1.165, 1.54) is 13.0 Å². The Balaban J connectivity index is 3.42. The SMILES string of the molecule is CCCN(CC)CC=CCCl. The maximum Gasteiger partial charge on any atom is 0.0404 e. The summed E-state index contributed by atoms with van der Waals surface area (Å²) in [5.74, 6) is 0.629. The first-order valence-electron chi connectivity index (χ1n) is 4.28. The molecule has 0 aliphatic rings. The standard InChI is InChI=1S/C9H18ClN/c1-3-8-11(4-2)9-6-5-7-10/h5-6H,3-4,7-9H2,1-2H3. The van der Waals surface area contributed by atoms with Crippen LogP contribution < -0.4 is 0 Å². The van der Waals surface area contributed by atoms with Gasteiger partial charge in [-0.25, -0.2) is 0 Å². The number of allylic oxidation sites excluding steroid dienone is 1. The highest BCUT2D eigenvalue weighted by Crippen LogP contribution is 1.91. The molecule has 0 saturated carbocycles. The highest BCUT2D eigenvalue weighted by atomic mass is 35.5. The van der Waals surface area contributed by atoms with E-state index in [0.29, 0.717) is 5.88 Å². The molecule has 0 heterocycles. The Bertz CT molecular complexity index is 102. The fraction of sp³-hybridized carbons (Fsp3) is 0.778. The number of nitrogens with zero attached hydrogens (tertiary/aromatic N) is 1. The summed E-state index contributed by atoms with van der Waals surface area (Å²) in [7, 11) is 0. The summed E-state index contributed by atoms with van der Waals surface area (Å²) in [6.07, 6.45) is 5.36. The summed E-state index contributed by atoms with van der Waals surface area (Å²) >= 11 is 5.50. The summed E-state index contributed by atoms with van der Waals surface area (Å²) in [4.78, 5) is 2.39. The highest BCUT2D eigenvalue weighted by molar-refractivity contribution is 6.18. The molecule has 0 saturated heterocycles. The van der Waals surface area contributed by atoms with Crippen LogP contribution in [0.4, 0.5) is 0 Å². The predicted octanol–water partition coefficient (Wildman–Crippen LogP) is 2.51. The summed E-state index contributed by atoms with van der Waals surface area (Å²) < 4.78 is 0.